The minimum absolute atomic E-state index is 0.160. The summed E-state index contributed by atoms with van der Waals surface area (Å²) in [4.78, 5) is 22.4. The number of hydrogen-bond acceptors (Lipinski definition) is 3. The number of carbonyl (C=O) groups excluding carboxylic acids is 1. The third kappa shape index (κ3) is 3.30. The standard InChI is InChI=1S/C12H20O4/c1-11(2,3)16-8-12(10(14)15)6-4-9(13)5-7-12/h4-8H2,1-3H3,(H,14,15). The lowest BCUT2D eigenvalue weighted by molar-refractivity contribution is -0.160. The van der Waals surface area contributed by atoms with Gasteiger partial charge in [0, 0.05) is 12.8 Å². The molecule has 1 aliphatic rings. The third-order valence-electron chi connectivity index (χ3n) is 3.00. The summed E-state index contributed by atoms with van der Waals surface area (Å²) in [7, 11) is 0. The Morgan fingerprint density at radius 3 is 2.25 bits per heavy atom. The third-order valence-corrected chi connectivity index (χ3v) is 3.00. The normalized spacial score (nSPS) is 20.8. The fourth-order valence-corrected chi connectivity index (χ4v) is 1.78. The van der Waals surface area contributed by atoms with Crippen LogP contribution < -0.4 is 0 Å². The number of aliphatic carboxylic acids is 1. The van der Waals surface area contributed by atoms with E-state index in [0.717, 1.165) is 0 Å². The Balaban J connectivity index is 2.67. The van der Waals surface area contributed by atoms with E-state index in [1.165, 1.54) is 0 Å². The molecule has 1 fully saturated rings. The number of carboxylic acid groups (broad SMARTS) is 1. The first-order valence-electron chi connectivity index (χ1n) is 5.64. The highest BCUT2D eigenvalue weighted by Gasteiger charge is 2.42. The molecule has 0 atom stereocenters. The molecule has 0 aliphatic heterocycles. The number of carboxylic acids is 1. The van der Waals surface area contributed by atoms with Crippen molar-refractivity contribution in [2.75, 3.05) is 6.61 Å². The van der Waals surface area contributed by atoms with Crippen molar-refractivity contribution in [3.63, 3.8) is 0 Å². The molecule has 0 heterocycles. The van der Waals surface area contributed by atoms with Crippen LogP contribution in [0.15, 0.2) is 0 Å². The molecule has 0 amide bonds. The lowest BCUT2D eigenvalue weighted by Gasteiger charge is -2.34. The molecule has 92 valence electrons. The van der Waals surface area contributed by atoms with Gasteiger partial charge < -0.3 is 9.84 Å². The predicted molar refractivity (Wildman–Crippen MR) is 59.2 cm³/mol. The molecule has 4 nitrogen and oxygen atoms in total. The highest BCUT2D eigenvalue weighted by Crippen LogP contribution is 2.36. The fraction of sp³-hybridized carbons (Fsp3) is 0.833. The largest absolute Gasteiger partial charge is 0.481 e. The van der Waals surface area contributed by atoms with Crippen LogP contribution in [0.3, 0.4) is 0 Å². The lowest BCUT2D eigenvalue weighted by atomic mass is 9.74. The van der Waals surface area contributed by atoms with Crippen LogP contribution in [0.25, 0.3) is 0 Å². The monoisotopic (exact) mass is 228 g/mol. The van der Waals surface area contributed by atoms with Gasteiger partial charge in [-0.1, -0.05) is 0 Å². The SMILES string of the molecule is CC(C)(C)OCC1(C(=O)O)CCC(=O)CC1. The van der Waals surface area contributed by atoms with Crippen molar-refractivity contribution in [1.82, 2.24) is 0 Å². The van der Waals surface area contributed by atoms with Gasteiger partial charge in [-0.2, -0.15) is 0 Å². The molecule has 1 aliphatic carbocycles. The van der Waals surface area contributed by atoms with Crippen LogP contribution in [0.1, 0.15) is 46.5 Å². The van der Waals surface area contributed by atoms with Crippen LogP contribution in [0.2, 0.25) is 0 Å². The molecule has 0 spiro atoms. The molecule has 0 aromatic rings. The van der Waals surface area contributed by atoms with Gasteiger partial charge in [0.1, 0.15) is 5.78 Å². The number of hydrogen-bond donors (Lipinski definition) is 1. The van der Waals surface area contributed by atoms with E-state index in [9.17, 15) is 14.7 Å². The van der Waals surface area contributed by atoms with E-state index in [2.05, 4.69) is 0 Å². The van der Waals surface area contributed by atoms with Crippen LogP contribution in [-0.4, -0.2) is 29.1 Å². The van der Waals surface area contributed by atoms with E-state index in [0.29, 0.717) is 25.7 Å². The number of Topliss-reactive ketones (excluding diaryl/α,β-unsaturated/α-hetero) is 1. The summed E-state index contributed by atoms with van der Waals surface area (Å²) in [6.07, 6.45) is 1.52. The Bertz CT molecular complexity index is 278. The van der Waals surface area contributed by atoms with E-state index in [1.54, 1.807) is 0 Å². The van der Waals surface area contributed by atoms with Crippen LogP contribution in [0.5, 0.6) is 0 Å². The molecule has 0 radical (unpaired) electrons. The second-order valence-electron chi connectivity index (χ2n) is 5.53. The maximum Gasteiger partial charge on any atom is 0.312 e. The lowest BCUT2D eigenvalue weighted by Crippen LogP contribution is -2.41. The number of ketones is 1. The maximum atomic E-state index is 11.3. The number of ether oxygens (including phenoxy) is 1. The summed E-state index contributed by atoms with van der Waals surface area (Å²) >= 11 is 0. The van der Waals surface area contributed by atoms with Gasteiger partial charge in [0.2, 0.25) is 0 Å². The quantitative estimate of drug-likeness (QED) is 0.802. The molecule has 1 rings (SSSR count). The molecule has 0 aromatic carbocycles. The van der Waals surface area contributed by atoms with Gasteiger partial charge in [-0.25, -0.2) is 0 Å². The van der Waals surface area contributed by atoms with E-state index in [1.807, 2.05) is 20.8 Å². The van der Waals surface area contributed by atoms with Gasteiger partial charge in [-0.15, -0.1) is 0 Å². The van der Waals surface area contributed by atoms with Gasteiger partial charge in [0.15, 0.2) is 0 Å². The Hall–Kier alpha value is -0.900. The highest BCUT2D eigenvalue weighted by atomic mass is 16.5. The van der Waals surface area contributed by atoms with Gasteiger partial charge in [-0.05, 0) is 33.6 Å². The summed E-state index contributed by atoms with van der Waals surface area (Å²) in [6.45, 7) is 5.89. The highest BCUT2D eigenvalue weighted by molar-refractivity contribution is 5.83. The topological polar surface area (TPSA) is 63.6 Å². The summed E-state index contributed by atoms with van der Waals surface area (Å²) in [6, 6.07) is 0. The van der Waals surface area contributed by atoms with E-state index >= 15 is 0 Å². The first-order chi connectivity index (χ1) is 7.25. The van der Waals surface area contributed by atoms with Crippen molar-refractivity contribution in [2.24, 2.45) is 5.41 Å². The molecule has 0 unspecified atom stereocenters. The average molecular weight is 228 g/mol. The van der Waals surface area contributed by atoms with Crippen molar-refractivity contribution in [3.05, 3.63) is 0 Å². The first kappa shape index (κ1) is 13.2. The molecule has 1 N–H and O–H groups in total. The summed E-state index contributed by atoms with van der Waals surface area (Å²) in [5.41, 5.74) is -1.20. The van der Waals surface area contributed by atoms with E-state index in [4.69, 9.17) is 4.74 Å². The Kier molecular flexibility index (Phi) is 3.73. The molecular weight excluding hydrogens is 208 g/mol. The molecular formula is C12H20O4. The molecule has 0 aromatic heterocycles. The average Bonchev–Trinajstić information content (AvgIpc) is 2.16. The molecule has 4 heteroatoms. The van der Waals surface area contributed by atoms with Crippen LogP contribution in [-0.2, 0) is 14.3 Å². The fourth-order valence-electron chi connectivity index (χ4n) is 1.78. The Morgan fingerprint density at radius 2 is 1.88 bits per heavy atom. The van der Waals surface area contributed by atoms with Crippen molar-refractivity contribution < 1.29 is 19.4 Å². The van der Waals surface area contributed by atoms with Crippen molar-refractivity contribution >= 4 is 11.8 Å². The van der Waals surface area contributed by atoms with Crippen molar-refractivity contribution in [1.29, 1.82) is 0 Å². The second kappa shape index (κ2) is 4.53. The zero-order valence-corrected chi connectivity index (χ0v) is 10.2. The predicted octanol–water partition coefficient (Wildman–Crippen LogP) is 2.02. The maximum absolute atomic E-state index is 11.3. The number of carbonyl (C=O) groups is 2. The van der Waals surface area contributed by atoms with E-state index in [-0.39, 0.29) is 18.0 Å². The van der Waals surface area contributed by atoms with Gasteiger partial charge in [0.25, 0.3) is 0 Å². The zero-order valence-electron chi connectivity index (χ0n) is 10.2. The van der Waals surface area contributed by atoms with Crippen LogP contribution in [0, 0.1) is 5.41 Å². The minimum Gasteiger partial charge on any atom is -0.481 e. The van der Waals surface area contributed by atoms with Gasteiger partial charge in [0.05, 0.1) is 17.6 Å². The van der Waals surface area contributed by atoms with Gasteiger partial charge in [-0.3, -0.25) is 9.59 Å². The van der Waals surface area contributed by atoms with Crippen molar-refractivity contribution in [2.45, 2.75) is 52.1 Å². The smallest absolute Gasteiger partial charge is 0.312 e. The summed E-state index contributed by atoms with van der Waals surface area (Å²) in [5, 5.41) is 9.28. The van der Waals surface area contributed by atoms with Gasteiger partial charge >= 0.3 is 5.97 Å². The molecule has 1 saturated carbocycles. The van der Waals surface area contributed by atoms with Crippen molar-refractivity contribution in [3.8, 4) is 0 Å². The van der Waals surface area contributed by atoms with E-state index < -0.39 is 11.4 Å². The Morgan fingerprint density at radius 1 is 1.38 bits per heavy atom. The molecule has 16 heavy (non-hydrogen) atoms. The summed E-state index contributed by atoms with van der Waals surface area (Å²) in [5.74, 6) is -0.683. The Labute approximate surface area is 96.0 Å². The second-order valence-corrected chi connectivity index (χ2v) is 5.53. The zero-order chi connectivity index (χ0) is 12.4. The van der Waals surface area contributed by atoms with Crippen LogP contribution in [0.4, 0.5) is 0 Å². The molecule has 0 saturated heterocycles. The first-order valence-corrected chi connectivity index (χ1v) is 5.64. The molecule has 0 bridgehead atoms. The summed E-state index contributed by atoms with van der Waals surface area (Å²) < 4.78 is 5.58. The van der Waals surface area contributed by atoms with Crippen LogP contribution >= 0.6 is 0 Å². The minimum atomic E-state index is -0.860. The number of rotatable bonds is 3.